The lowest BCUT2D eigenvalue weighted by atomic mass is 10.2. The van der Waals surface area contributed by atoms with Crippen LogP contribution in [0.5, 0.6) is 0 Å². The number of rotatable bonds is 3. The van der Waals surface area contributed by atoms with E-state index in [1.807, 2.05) is 13.8 Å². The molecule has 4 nitrogen and oxygen atoms in total. The van der Waals surface area contributed by atoms with Gasteiger partial charge in [-0.15, -0.1) is 0 Å². The first-order valence-electron chi connectivity index (χ1n) is 4.55. The van der Waals surface area contributed by atoms with Crippen molar-refractivity contribution in [2.24, 2.45) is 0 Å². The van der Waals surface area contributed by atoms with Crippen molar-refractivity contribution in [2.45, 2.75) is 19.9 Å². The fourth-order valence-electron chi connectivity index (χ4n) is 1.12. The Bertz CT molecular complexity index is 380. The summed E-state index contributed by atoms with van der Waals surface area (Å²) in [4.78, 5) is 16.3. The second kappa shape index (κ2) is 4.25. The van der Waals surface area contributed by atoms with Gasteiger partial charge in [0.25, 0.3) is 0 Å². The summed E-state index contributed by atoms with van der Waals surface area (Å²) < 4.78 is 12.8. The molecule has 1 aromatic heterocycles. The molecule has 82 valence electrons. The topological polar surface area (TPSA) is 53.4 Å². The van der Waals surface area contributed by atoms with Gasteiger partial charge in [-0.25, -0.2) is 14.2 Å². The van der Waals surface area contributed by atoms with E-state index in [2.05, 4.69) is 4.98 Å². The molecule has 1 rings (SSSR count). The van der Waals surface area contributed by atoms with Crippen molar-refractivity contribution in [1.29, 1.82) is 0 Å². The van der Waals surface area contributed by atoms with Crippen LogP contribution < -0.4 is 4.90 Å². The first kappa shape index (κ1) is 11.4. The van der Waals surface area contributed by atoms with Crippen molar-refractivity contribution in [3.8, 4) is 0 Å². The molecule has 0 atom stereocenters. The molecule has 0 amide bonds. The summed E-state index contributed by atoms with van der Waals surface area (Å²) in [6, 6.07) is 1.07. The van der Waals surface area contributed by atoms with E-state index in [4.69, 9.17) is 5.11 Å². The van der Waals surface area contributed by atoms with Gasteiger partial charge < -0.3 is 10.0 Å². The van der Waals surface area contributed by atoms with Gasteiger partial charge in [0.2, 0.25) is 0 Å². The van der Waals surface area contributed by atoms with Crippen LogP contribution in [0, 0.1) is 5.82 Å². The van der Waals surface area contributed by atoms with Crippen LogP contribution >= 0.6 is 0 Å². The highest BCUT2D eigenvalue weighted by atomic mass is 19.1. The Morgan fingerprint density at radius 1 is 1.60 bits per heavy atom. The largest absolute Gasteiger partial charge is 0.478 e. The highest BCUT2D eigenvalue weighted by molar-refractivity contribution is 5.93. The van der Waals surface area contributed by atoms with Gasteiger partial charge >= 0.3 is 5.97 Å². The van der Waals surface area contributed by atoms with E-state index in [1.165, 1.54) is 0 Å². The summed E-state index contributed by atoms with van der Waals surface area (Å²) in [6.45, 7) is 3.80. The molecule has 0 saturated carbocycles. The number of nitrogens with zero attached hydrogens (tertiary/aromatic N) is 2. The van der Waals surface area contributed by atoms with Gasteiger partial charge in [0.15, 0.2) is 0 Å². The standard InChI is InChI=1S/C10H13FN2O2/c1-6(2)13(3)9-8(10(14)15)4-7(11)5-12-9/h4-6H,1-3H3,(H,14,15). The van der Waals surface area contributed by atoms with E-state index >= 15 is 0 Å². The van der Waals surface area contributed by atoms with Crippen molar-refractivity contribution < 1.29 is 14.3 Å². The first-order valence-corrected chi connectivity index (χ1v) is 4.55. The van der Waals surface area contributed by atoms with E-state index in [0.29, 0.717) is 0 Å². The Balaban J connectivity index is 3.22. The molecular weight excluding hydrogens is 199 g/mol. The molecule has 0 unspecified atom stereocenters. The third-order valence-corrected chi connectivity index (χ3v) is 2.17. The smallest absolute Gasteiger partial charge is 0.339 e. The fourth-order valence-corrected chi connectivity index (χ4v) is 1.12. The third-order valence-electron chi connectivity index (χ3n) is 2.17. The van der Waals surface area contributed by atoms with Gasteiger partial charge in [-0.1, -0.05) is 0 Å². The lowest BCUT2D eigenvalue weighted by Gasteiger charge is -2.23. The van der Waals surface area contributed by atoms with Crippen LogP contribution in [-0.2, 0) is 0 Å². The quantitative estimate of drug-likeness (QED) is 0.829. The number of pyridine rings is 1. The minimum Gasteiger partial charge on any atom is -0.478 e. The SMILES string of the molecule is CC(C)N(C)c1ncc(F)cc1C(=O)O. The van der Waals surface area contributed by atoms with E-state index < -0.39 is 11.8 Å². The normalized spacial score (nSPS) is 10.5. The third kappa shape index (κ3) is 2.43. The molecule has 0 radical (unpaired) electrons. The monoisotopic (exact) mass is 212 g/mol. The zero-order valence-corrected chi connectivity index (χ0v) is 8.86. The highest BCUT2D eigenvalue weighted by Crippen LogP contribution is 2.19. The number of carboxylic acid groups (broad SMARTS) is 1. The predicted molar refractivity (Wildman–Crippen MR) is 54.7 cm³/mol. The van der Waals surface area contributed by atoms with Crippen LogP contribution in [0.15, 0.2) is 12.3 Å². The zero-order chi connectivity index (χ0) is 11.6. The van der Waals surface area contributed by atoms with E-state index in [1.54, 1.807) is 11.9 Å². The van der Waals surface area contributed by atoms with Gasteiger partial charge in [-0.2, -0.15) is 0 Å². The van der Waals surface area contributed by atoms with E-state index in [-0.39, 0.29) is 17.4 Å². The Labute approximate surface area is 87.4 Å². The fraction of sp³-hybridized carbons (Fsp3) is 0.400. The average Bonchev–Trinajstić information content (AvgIpc) is 2.16. The number of hydrogen-bond donors (Lipinski definition) is 1. The molecule has 0 saturated heterocycles. The number of carboxylic acids is 1. The highest BCUT2D eigenvalue weighted by Gasteiger charge is 2.17. The summed E-state index contributed by atoms with van der Waals surface area (Å²) in [5.74, 6) is -1.54. The van der Waals surface area contributed by atoms with Crippen molar-refractivity contribution in [1.82, 2.24) is 4.98 Å². The number of hydrogen-bond acceptors (Lipinski definition) is 3. The van der Waals surface area contributed by atoms with Crippen molar-refractivity contribution in [3.05, 3.63) is 23.6 Å². The van der Waals surface area contributed by atoms with Crippen molar-refractivity contribution >= 4 is 11.8 Å². The summed E-state index contributed by atoms with van der Waals surface area (Å²) in [6.07, 6.45) is 1.01. The molecule has 1 aromatic rings. The predicted octanol–water partition coefficient (Wildman–Crippen LogP) is 1.76. The molecule has 0 aliphatic carbocycles. The Morgan fingerprint density at radius 2 is 2.20 bits per heavy atom. The van der Waals surface area contributed by atoms with E-state index in [0.717, 1.165) is 12.3 Å². The number of carbonyl (C=O) groups is 1. The summed E-state index contributed by atoms with van der Waals surface area (Å²) >= 11 is 0. The van der Waals surface area contributed by atoms with Gasteiger partial charge in [-0.3, -0.25) is 0 Å². The lowest BCUT2D eigenvalue weighted by Crippen LogP contribution is -2.28. The molecule has 5 heteroatoms. The van der Waals surface area contributed by atoms with Crippen LogP contribution in [0.1, 0.15) is 24.2 Å². The van der Waals surface area contributed by atoms with Crippen molar-refractivity contribution in [2.75, 3.05) is 11.9 Å². The first-order chi connectivity index (χ1) is 6.93. The van der Waals surface area contributed by atoms with Crippen LogP contribution in [0.3, 0.4) is 0 Å². The molecule has 0 spiro atoms. The van der Waals surface area contributed by atoms with Crippen LogP contribution in [0.2, 0.25) is 0 Å². The molecule has 0 aliphatic heterocycles. The number of anilines is 1. The maximum atomic E-state index is 12.8. The molecule has 0 aliphatic rings. The lowest BCUT2D eigenvalue weighted by molar-refractivity contribution is 0.0696. The van der Waals surface area contributed by atoms with Crippen LogP contribution in [0.4, 0.5) is 10.2 Å². The molecule has 0 bridgehead atoms. The van der Waals surface area contributed by atoms with Gasteiger partial charge in [0.1, 0.15) is 17.2 Å². The second-order valence-electron chi connectivity index (χ2n) is 3.53. The minimum atomic E-state index is -1.18. The average molecular weight is 212 g/mol. The van der Waals surface area contributed by atoms with Crippen molar-refractivity contribution in [3.63, 3.8) is 0 Å². The zero-order valence-electron chi connectivity index (χ0n) is 8.86. The molecule has 1 heterocycles. The minimum absolute atomic E-state index is 0.0982. The number of aromatic nitrogens is 1. The van der Waals surface area contributed by atoms with Crippen LogP contribution in [-0.4, -0.2) is 29.1 Å². The van der Waals surface area contributed by atoms with Gasteiger partial charge in [0, 0.05) is 13.1 Å². The summed E-state index contributed by atoms with van der Waals surface area (Å²) in [5.41, 5.74) is -0.119. The van der Waals surface area contributed by atoms with Gasteiger partial charge in [-0.05, 0) is 19.9 Å². The van der Waals surface area contributed by atoms with Crippen LogP contribution in [0.25, 0.3) is 0 Å². The molecule has 0 fully saturated rings. The maximum Gasteiger partial charge on any atom is 0.339 e. The Morgan fingerprint density at radius 3 is 2.67 bits per heavy atom. The molecule has 0 aromatic carbocycles. The Kier molecular flexibility index (Phi) is 3.24. The van der Waals surface area contributed by atoms with Gasteiger partial charge in [0.05, 0.1) is 6.20 Å². The Hall–Kier alpha value is -1.65. The van der Waals surface area contributed by atoms with E-state index in [9.17, 15) is 9.18 Å². The number of aromatic carboxylic acids is 1. The molecular formula is C10H13FN2O2. The second-order valence-corrected chi connectivity index (χ2v) is 3.53. The number of halogens is 1. The molecule has 15 heavy (non-hydrogen) atoms. The summed E-state index contributed by atoms with van der Waals surface area (Å²) in [5, 5.41) is 8.89. The summed E-state index contributed by atoms with van der Waals surface area (Å²) in [7, 11) is 1.72. The molecule has 1 N–H and O–H groups in total. The maximum absolute atomic E-state index is 12.8.